The molecule has 3 rings (SSSR count). The first-order valence-corrected chi connectivity index (χ1v) is 9.48. The number of hydrogen-bond donors (Lipinski definition) is 1. The second kappa shape index (κ2) is 9.14. The molecule has 0 aliphatic rings. The second-order valence-electron chi connectivity index (χ2n) is 6.98. The van der Waals surface area contributed by atoms with E-state index in [0.717, 1.165) is 16.8 Å². The van der Waals surface area contributed by atoms with Crippen molar-refractivity contribution in [1.82, 2.24) is 25.0 Å². The van der Waals surface area contributed by atoms with E-state index < -0.39 is 0 Å². The molecular weight excluding hydrogens is 366 g/mol. The lowest BCUT2D eigenvalue weighted by Gasteiger charge is -2.28. The van der Waals surface area contributed by atoms with Crippen LogP contribution in [0.4, 0.5) is 0 Å². The van der Waals surface area contributed by atoms with E-state index in [4.69, 9.17) is 0 Å². The number of benzene rings is 2. The molecule has 0 saturated heterocycles. The predicted octanol–water partition coefficient (Wildman–Crippen LogP) is 3.05. The molecule has 0 spiro atoms. The predicted molar refractivity (Wildman–Crippen MR) is 110 cm³/mol. The van der Waals surface area contributed by atoms with Crippen LogP contribution >= 0.6 is 0 Å². The highest BCUT2D eigenvalue weighted by molar-refractivity contribution is 5.79. The van der Waals surface area contributed by atoms with E-state index >= 15 is 0 Å². The number of carbonyl (C=O) groups excluding carboxylic acids is 2. The van der Waals surface area contributed by atoms with Crippen molar-refractivity contribution >= 4 is 11.8 Å². The van der Waals surface area contributed by atoms with Gasteiger partial charge in [-0.25, -0.2) is 9.67 Å². The summed E-state index contributed by atoms with van der Waals surface area (Å²) in [5.74, 6) is -0.202. The fourth-order valence-electron chi connectivity index (χ4n) is 3.19. The third-order valence-electron chi connectivity index (χ3n) is 4.99. The van der Waals surface area contributed by atoms with E-state index in [1.54, 1.807) is 23.0 Å². The van der Waals surface area contributed by atoms with E-state index in [2.05, 4.69) is 15.4 Å². The average Bonchev–Trinajstić information content (AvgIpc) is 3.27. The quantitative estimate of drug-likeness (QED) is 0.671. The molecule has 1 aromatic heterocycles. The number of nitrogens with zero attached hydrogens (tertiary/aromatic N) is 4. The Morgan fingerprint density at radius 2 is 1.76 bits per heavy atom. The molecule has 0 fully saturated rings. The lowest BCUT2D eigenvalue weighted by Crippen LogP contribution is -2.35. The van der Waals surface area contributed by atoms with Crippen molar-refractivity contribution in [3.8, 4) is 5.69 Å². The van der Waals surface area contributed by atoms with E-state index in [9.17, 15) is 9.59 Å². The topological polar surface area (TPSA) is 80.1 Å². The first-order valence-electron chi connectivity index (χ1n) is 9.48. The number of nitrogens with one attached hydrogen (secondary N) is 1. The molecule has 0 bridgehead atoms. The van der Waals surface area contributed by atoms with Crippen LogP contribution in [0.1, 0.15) is 43.5 Å². The average molecular weight is 391 g/mol. The molecule has 3 aromatic rings. The molecule has 0 aliphatic heterocycles. The maximum atomic E-state index is 12.9. The molecule has 2 atom stereocenters. The molecule has 7 nitrogen and oxygen atoms in total. The Bertz CT molecular complexity index is 939. The van der Waals surface area contributed by atoms with Crippen molar-refractivity contribution in [3.05, 3.63) is 78.4 Å². The molecule has 1 N–H and O–H groups in total. The molecule has 0 radical (unpaired) electrons. The first kappa shape index (κ1) is 20.3. The fourth-order valence-corrected chi connectivity index (χ4v) is 3.19. The molecule has 1 heterocycles. The summed E-state index contributed by atoms with van der Waals surface area (Å²) in [5.41, 5.74) is 2.83. The summed E-state index contributed by atoms with van der Waals surface area (Å²) in [4.78, 5) is 30.2. The Kier molecular flexibility index (Phi) is 6.39. The van der Waals surface area contributed by atoms with Crippen LogP contribution in [-0.4, -0.2) is 38.5 Å². The minimum absolute atomic E-state index is 0.0412. The summed E-state index contributed by atoms with van der Waals surface area (Å²) in [6.07, 6.45) is 3.32. The SMILES string of the molecule is CC(=O)N[C@@H](CC(=O)N(C)[C@@H](C)c1ccc(-n2cncn2)cc1)c1ccccc1. The van der Waals surface area contributed by atoms with Gasteiger partial charge in [0.2, 0.25) is 11.8 Å². The Labute approximate surface area is 170 Å². The summed E-state index contributed by atoms with van der Waals surface area (Å²) >= 11 is 0. The molecule has 0 aliphatic carbocycles. The number of hydrogen-bond acceptors (Lipinski definition) is 4. The Balaban J connectivity index is 1.70. The van der Waals surface area contributed by atoms with Gasteiger partial charge in [-0.05, 0) is 30.2 Å². The van der Waals surface area contributed by atoms with Crippen LogP contribution in [0, 0.1) is 0 Å². The molecular formula is C22H25N5O2. The lowest BCUT2D eigenvalue weighted by atomic mass is 10.0. The maximum absolute atomic E-state index is 12.9. The third kappa shape index (κ3) is 5.07. The third-order valence-corrected chi connectivity index (χ3v) is 4.99. The lowest BCUT2D eigenvalue weighted by molar-refractivity contribution is -0.132. The van der Waals surface area contributed by atoms with Gasteiger partial charge in [0, 0.05) is 14.0 Å². The van der Waals surface area contributed by atoms with Crippen LogP contribution in [0.3, 0.4) is 0 Å². The molecule has 150 valence electrons. The van der Waals surface area contributed by atoms with Crippen molar-refractivity contribution in [1.29, 1.82) is 0 Å². The van der Waals surface area contributed by atoms with Crippen molar-refractivity contribution < 1.29 is 9.59 Å². The Morgan fingerprint density at radius 3 is 2.34 bits per heavy atom. The van der Waals surface area contributed by atoms with E-state index in [-0.39, 0.29) is 30.3 Å². The maximum Gasteiger partial charge on any atom is 0.225 e. The van der Waals surface area contributed by atoms with Crippen LogP contribution in [0.5, 0.6) is 0 Å². The molecule has 29 heavy (non-hydrogen) atoms. The van der Waals surface area contributed by atoms with Gasteiger partial charge in [0.15, 0.2) is 0 Å². The summed E-state index contributed by atoms with van der Waals surface area (Å²) in [6, 6.07) is 16.9. The zero-order valence-electron chi connectivity index (χ0n) is 16.8. The van der Waals surface area contributed by atoms with E-state index in [0.29, 0.717) is 0 Å². The molecule has 2 amide bonds. The Hall–Kier alpha value is -3.48. The fraction of sp³-hybridized carbons (Fsp3) is 0.273. The van der Waals surface area contributed by atoms with Gasteiger partial charge < -0.3 is 10.2 Å². The van der Waals surface area contributed by atoms with E-state index in [1.807, 2.05) is 61.5 Å². The minimum Gasteiger partial charge on any atom is -0.349 e. The van der Waals surface area contributed by atoms with E-state index in [1.165, 1.54) is 13.3 Å². The van der Waals surface area contributed by atoms with Gasteiger partial charge in [-0.15, -0.1) is 0 Å². The highest BCUT2D eigenvalue weighted by Gasteiger charge is 2.23. The van der Waals surface area contributed by atoms with Gasteiger partial charge in [0.25, 0.3) is 0 Å². The molecule has 0 unspecified atom stereocenters. The molecule has 0 saturated carbocycles. The number of rotatable bonds is 7. The van der Waals surface area contributed by atoms with Crippen molar-refractivity contribution in [2.24, 2.45) is 0 Å². The van der Waals surface area contributed by atoms with Gasteiger partial charge in [0.1, 0.15) is 12.7 Å². The highest BCUT2D eigenvalue weighted by Crippen LogP contribution is 2.24. The van der Waals surface area contributed by atoms with Gasteiger partial charge in [-0.1, -0.05) is 42.5 Å². The standard InChI is InChI=1S/C22H25N5O2/c1-16(18-9-11-20(12-10-18)27-15-23-14-24-27)26(3)22(29)13-21(25-17(2)28)19-7-5-4-6-8-19/h4-12,14-16,21H,13H2,1-3H3,(H,25,28)/t16-,21-/m0/s1. The highest BCUT2D eigenvalue weighted by atomic mass is 16.2. The number of amides is 2. The van der Waals surface area contributed by atoms with Gasteiger partial charge in [-0.2, -0.15) is 5.10 Å². The monoisotopic (exact) mass is 391 g/mol. The van der Waals surface area contributed by atoms with Gasteiger partial charge in [-0.3, -0.25) is 9.59 Å². The largest absolute Gasteiger partial charge is 0.349 e. The van der Waals surface area contributed by atoms with Gasteiger partial charge >= 0.3 is 0 Å². The Morgan fingerprint density at radius 1 is 1.07 bits per heavy atom. The number of carbonyl (C=O) groups is 2. The van der Waals surface area contributed by atoms with Crippen molar-refractivity contribution in [3.63, 3.8) is 0 Å². The molecule has 7 heteroatoms. The normalized spacial score (nSPS) is 12.8. The zero-order chi connectivity index (χ0) is 20.8. The number of aromatic nitrogens is 3. The van der Waals surface area contributed by atoms with Crippen LogP contribution in [-0.2, 0) is 9.59 Å². The van der Waals surface area contributed by atoms with Crippen LogP contribution < -0.4 is 5.32 Å². The second-order valence-corrected chi connectivity index (χ2v) is 6.98. The van der Waals surface area contributed by atoms with Crippen LogP contribution in [0.15, 0.2) is 67.3 Å². The summed E-state index contributed by atoms with van der Waals surface area (Å²) in [5, 5.41) is 7.00. The van der Waals surface area contributed by atoms with Gasteiger partial charge in [0.05, 0.1) is 24.2 Å². The smallest absolute Gasteiger partial charge is 0.225 e. The molecule has 2 aromatic carbocycles. The van der Waals surface area contributed by atoms with Crippen LogP contribution in [0.2, 0.25) is 0 Å². The first-order chi connectivity index (χ1) is 14.0. The summed E-state index contributed by atoms with van der Waals surface area (Å²) in [7, 11) is 1.79. The minimum atomic E-state index is -0.356. The van der Waals surface area contributed by atoms with Crippen molar-refractivity contribution in [2.75, 3.05) is 7.05 Å². The van der Waals surface area contributed by atoms with Crippen molar-refractivity contribution in [2.45, 2.75) is 32.4 Å². The zero-order valence-corrected chi connectivity index (χ0v) is 16.8. The van der Waals surface area contributed by atoms with Crippen LogP contribution in [0.25, 0.3) is 5.69 Å². The summed E-state index contributed by atoms with van der Waals surface area (Å²) < 4.78 is 1.68. The summed E-state index contributed by atoms with van der Waals surface area (Å²) in [6.45, 7) is 3.45.